The third-order valence-corrected chi connectivity index (χ3v) is 2.29. The summed E-state index contributed by atoms with van der Waals surface area (Å²) in [6.07, 6.45) is 5.15. The van der Waals surface area contributed by atoms with Crippen molar-refractivity contribution in [3.63, 3.8) is 0 Å². The first-order valence-corrected chi connectivity index (χ1v) is 5.85. The standard InChI is InChI=1S/C14H15FN4.HI/c1-3-7-18-14(17-4-2)19-10-12-6-5-11(9-16)8-13(12)15;/h1,5-6,8H,4,7,10H2,2H3,(H2,17,18,19);1H. The fourth-order valence-corrected chi connectivity index (χ4v) is 1.39. The number of nitrogens with one attached hydrogen (secondary N) is 2. The molecule has 0 fully saturated rings. The van der Waals surface area contributed by atoms with Crippen LogP contribution in [0.15, 0.2) is 23.2 Å². The van der Waals surface area contributed by atoms with Crippen molar-refractivity contribution in [1.82, 2.24) is 10.6 Å². The van der Waals surface area contributed by atoms with Crippen molar-refractivity contribution in [3.05, 3.63) is 35.1 Å². The molecule has 0 aliphatic heterocycles. The maximum Gasteiger partial charge on any atom is 0.192 e. The number of hydrogen-bond acceptors (Lipinski definition) is 2. The summed E-state index contributed by atoms with van der Waals surface area (Å²) >= 11 is 0. The smallest absolute Gasteiger partial charge is 0.192 e. The third-order valence-electron chi connectivity index (χ3n) is 2.29. The molecule has 0 saturated carbocycles. The van der Waals surface area contributed by atoms with E-state index in [0.29, 0.717) is 30.2 Å². The van der Waals surface area contributed by atoms with Gasteiger partial charge in [-0.3, -0.25) is 0 Å². The van der Waals surface area contributed by atoms with E-state index < -0.39 is 5.82 Å². The number of rotatable bonds is 4. The lowest BCUT2D eigenvalue weighted by atomic mass is 10.1. The number of benzene rings is 1. The normalized spacial score (nSPS) is 9.90. The van der Waals surface area contributed by atoms with Crippen LogP contribution in [0.2, 0.25) is 0 Å². The molecule has 106 valence electrons. The quantitative estimate of drug-likeness (QED) is 0.360. The van der Waals surface area contributed by atoms with Gasteiger partial charge in [-0.1, -0.05) is 12.0 Å². The average molecular weight is 386 g/mol. The Hall–Kier alpha value is -1.80. The molecule has 0 saturated heterocycles. The van der Waals surface area contributed by atoms with Crippen LogP contribution >= 0.6 is 24.0 Å². The van der Waals surface area contributed by atoms with Crippen LogP contribution in [0.25, 0.3) is 0 Å². The Morgan fingerprint density at radius 3 is 2.75 bits per heavy atom. The molecule has 0 heterocycles. The van der Waals surface area contributed by atoms with Gasteiger partial charge >= 0.3 is 0 Å². The summed E-state index contributed by atoms with van der Waals surface area (Å²) in [5.74, 6) is 2.54. The molecule has 0 atom stereocenters. The number of halogens is 2. The molecule has 0 radical (unpaired) electrons. The Bertz CT molecular complexity index is 543. The summed E-state index contributed by atoms with van der Waals surface area (Å²) in [7, 11) is 0. The van der Waals surface area contributed by atoms with Crippen molar-refractivity contribution >= 4 is 29.9 Å². The minimum atomic E-state index is -0.435. The Balaban J connectivity index is 0.00000361. The number of hydrogen-bond donors (Lipinski definition) is 2. The SMILES string of the molecule is C#CCNC(=NCc1ccc(C#N)cc1F)NCC.I. The maximum atomic E-state index is 13.6. The Morgan fingerprint density at radius 1 is 1.45 bits per heavy atom. The van der Waals surface area contributed by atoms with Gasteiger partial charge in [-0.2, -0.15) is 5.26 Å². The van der Waals surface area contributed by atoms with Gasteiger partial charge in [0.2, 0.25) is 0 Å². The van der Waals surface area contributed by atoms with Crippen LogP contribution in [-0.4, -0.2) is 19.0 Å². The molecule has 6 heteroatoms. The van der Waals surface area contributed by atoms with E-state index in [0.717, 1.165) is 0 Å². The Kier molecular flexibility index (Phi) is 9.14. The van der Waals surface area contributed by atoms with Gasteiger partial charge in [0.25, 0.3) is 0 Å². The van der Waals surface area contributed by atoms with Crippen LogP contribution in [0.4, 0.5) is 4.39 Å². The lowest BCUT2D eigenvalue weighted by Gasteiger charge is -2.09. The van der Waals surface area contributed by atoms with E-state index in [2.05, 4.69) is 21.5 Å². The van der Waals surface area contributed by atoms with E-state index in [-0.39, 0.29) is 30.5 Å². The van der Waals surface area contributed by atoms with Crippen molar-refractivity contribution in [2.24, 2.45) is 4.99 Å². The Labute approximate surface area is 135 Å². The number of nitrogens with zero attached hydrogens (tertiary/aromatic N) is 2. The molecule has 0 unspecified atom stereocenters. The van der Waals surface area contributed by atoms with E-state index in [4.69, 9.17) is 11.7 Å². The highest BCUT2D eigenvalue weighted by molar-refractivity contribution is 14.0. The van der Waals surface area contributed by atoms with E-state index in [1.807, 2.05) is 13.0 Å². The van der Waals surface area contributed by atoms with Crippen LogP contribution in [0, 0.1) is 29.5 Å². The van der Waals surface area contributed by atoms with Crippen LogP contribution in [-0.2, 0) is 6.54 Å². The molecule has 0 spiro atoms. The van der Waals surface area contributed by atoms with E-state index in [1.54, 1.807) is 12.1 Å². The van der Waals surface area contributed by atoms with Gasteiger partial charge < -0.3 is 10.6 Å². The second kappa shape index (κ2) is 10.0. The highest BCUT2D eigenvalue weighted by Crippen LogP contribution is 2.10. The number of terminal acetylenes is 1. The first-order valence-electron chi connectivity index (χ1n) is 5.85. The van der Waals surface area contributed by atoms with Crippen LogP contribution < -0.4 is 10.6 Å². The molecular weight excluding hydrogens is 370 g/mol. The topological polar surface area (TPSA) is 60.2 Å². The largest absolute Gasteiger partial charge is 0.357 e. The molecule has 0 aromatic heterocycles. The molecule has 1 rings (SSSR count). The zero-order valence-corrected chi connectivity index (χ0v) is 13.4. The predicted molar refractivity (Wildman–Crippen MR) is 88.2 cm³/mol. The van der Waals surface area contributed by atoms with Crippen LogP contribution in [0.5, 0.6) is 0 Å². The molecule has 1 aromatic rings. The summed E-state index contributed by atoms with van der Waals surface area (Å²) in [6.45, 7) is 3.14. The van der Waals surface area contributed by atoms with Crippen molar-refractivity contribution < 1.29 is 4.39 Å². The first-order chi connectivity index (χ1) is 9.21. The van der Waals surface area contributed by atoms with E-state index >= 15 is 0 Å². The molecule has 1 aromatic carbocycles. The number of aliphatic imine (C=N–C) groups is 1. The third kappa shape index (κ3) is 5.89. The molecule has 4 nitrogen and oxygen atoms in total. The number of guanidine groups is 1. The lowest BCUT2D eigenvalue weighted by Crippen LogP contribution is -2.37. The van der Waals surface area contributed by atoms with E-state index in [9.17, 15) is 4.39 Å². The van der Waals surface area contributed by atoms with Crippen LogP contribution in [0.1, 0.15) is 18.1 Å². The van der Waals surface area contributed by atoms with Crippen molar-refractivity contribution in [3.8, 4) is 18.4 Å². The average Bonchev–Trinajstić information content (AvgIpc) is 2.42. The highest BCUT2D eigenvalue weighted by Gasteiger charge is 2.03. The second-order valence-corrected chi connectivity index (χ2v) is 3.67. The van der Waals surface area contributed by atoms with Crippen molar-refractivity contribution in [1.29, 1.82) is 5.26 Å². The molecular formula is C14H16FIN4. The summed E-state index contributed by atoms with van der Waals surface area (Å²) < 4.78 is 13.6. The van der Waals surface area contributed by atoms with Crippen molar-refractivity contribution in [2.45, 2.75) is 13.5 Å². The lowest BCUT2D eigenvalue weighted by molar-refractivity contribution is 0.610. The zero-order valence-electron chi connectivity index (χ0n) is 11.1. The van der Waals surface area contributed by atoms with Crippen molar-refractivity contribution in [2.75, 3.05) is 13.1 Å². The Morgan fingerprint density at radius 2 is 2.20 bits per heavy atom. The molecule has 0 bridgehead atoms. The predicted octanol–water partition coefficient (Wildman–Crippen LogP) is 2.00. The van der Waals surface area contributed by atoms with Gasteiger partial charge in [-0.25, -0.2) is 9.38 Å². The fraction of sp³-hybridized carbons (Fsp3) is 0.286. The molecule has 2 N–H and O–H groups in total. The first kappa shape index (κ1) is 18.2. The molecule has 0 aliphatic carbocycles. The van der Waals surface area contributed by atoms with E-state index in [1.165, 1.54) is 6.07 Å². The zero-order chi connectivity index (χ0) is 14.1. The van der Waals surface area contributed by atoms with Gasteiger partial charge in [0.1, 0.15) is 5.82 Å². The van der Waals surface area contributed by atoms with Crippen LogP contribution in [0.3, 0.4) is 0 Å². The minimum absolute atomic E-state index is 0. The summed E-state index contributed by atoms with van der Waals surface area (Å²) in [5, 5.41) is 14.6. The monoisotopic (exact) mass is 386 g/mol. The summed E-state index contributed by atoms with van der Waals surface area (Å²) in [6, 6.07) is 6.21. The van der Waals surface area contributed by atoms with Gasteiger partial charge in [0.15, 0.2) is 5.96 Å². The molecule has 0 aliphatic rings. The highest BCUT2D eigenvalue weighted by atomic mass is 127. The van der Waals surface area contributed by atoms with Gasteiger partial charge in [-0.05, 0) is 19.1 Å². The second-order valence-electron chi connectivity index (χ2n) is 3.67. The fourth-order valence-electron chi connectivity index (χ4n) is 1.39. The molecule has 20 heavy (non-hydrogen) atoms. The summed E-state index contributed by atoms with van der Waals surface area (Å²) in [4.78, 5) is 4.21. The van der Waals surface area contributed by atoms with Gasteiger partial charge in [0.05, 0.1) is 24.7 Å². The summed E-state index contributed by atoms with van der Waals surface area (Å²) in [5.41, 5.74) is 0.722. The minimum Gasteiger partial charge on any atom is -0.357 e. The van der Waals surface area contributed by atoms with Gasteiger partial charge in [-0.15, -0.1) is 30.4 Å². The van der Waals surface area contributed by atoms with Gasteiger partial charge in [0, 0.05) is 12.1 Å². The number of nitriles is 1. The maximum absolute atomic E-state index is 13.6. The molecule has 0 amide bonds.